The SMILES string of the molecule is C=Cc1oc(=C)/c(=C\C=C/C)c1/C=C\C. The predicted octanol–water partition coefficient (Wildman–Crippen LogP) is 2.72. The first-order valence-electron chi connectivity index (χ1n) is 4.94. The highest BCUT2D eigenvalue weighted by Crippen LogP contribution is 2.05. The maximum atomic E-state index is 5.50. The third kappa shape index (κ3) is 2.38. The molecule has 0 saturated heterocycles. The summed E-state index contributed by atoms with van der Waals surface area (Å²) in [5, 5.41) is 1.01. The Bertz CT molecular complexity index is 498. The minimum absolute atomic E-state index is 0.677. The topological polar surface area (TPSA) is 13.1 Å². The Labute approximate surface area is 90.4 Å². The summed E-state index contributed by atoms with van der Waals surface area (Å²) in [5.74, 6) is 0.772. The summed E-state index contributed by atoms with van der Waals surface area (Å²) in [6.45, 7) is 11.5. The van der Waals surface area contributed by atoms with Crippen LogP contribution in [-0.4, -0.2) is 0 Å². The molecule has 1 heterocycles. The molecule has 0 N–H and O–H groups in total. The van der Waals surface area contributed by atoms with Gasteiger partial charge in [-0.15, -0.1) is 0 Å². The summed E-state index contributed by atoms with van der Waals surface area (Å²) >= 11 is 0. The van der Waals surface area contributed by atoms with E-state index in [1.165, 1.54) is 0 Å². The summed E-state index contributed by atoms with van der Waals surface area (Å²) in [5.41, 5.74) is 1.71. The fourth-order valence-corrected chi connectivity index (χ4v) is 1.39. The molecular weight excluding hydrogens is 184 g/mol. The maximum absolute atomic E-state index is 5.50. The van der Waals surface area contributed by atoms with Crippen LogP contribution in [-0.2, 0) is 0 Å². The van der Waals surface area contributed by atoms with Crippen LogP contribution in [0.3, 0.4) is 0 Å². The van der Waals surface area contributed by atoms with Crippen LogP contribution in [0.4, 0.5) is 0 Å². The number of hydrogen-bond donors (Lipinski definition) is 0. The molecule has 0 bridgehead atoms. The van der Waals surface area contributed by atoms with Gasteiger partial charge in [-0.05, 0) is 19.9 Å². The normalized spacial score (nSPS) is 13.1. The van der Waals surface area contributed by atoms with Gasteiger partial charge in [-0.2, -0.15) is 0 Å². The molecule has 15 heavy (non-hydrogen) atoms. The van der Waals surface area contributed by atoms with Crippen LogP contribution in [0.15, 0.2) is 29.2 Å². The lowest BCUT2D eigenvalue weighted by Crippen LogP contribution is -2.19. The Hall–Kier alpha value is -1.76. The molecule has 0 aromatic carbocycles. The second kappa shape index (κ2) is 5.20. The van der Waals surface area contributed by atoms with Crippen molar-refractivity contribution in [1.29, 1.82) is 0 Å². The van der Waals surface area contributed by atoms with Crippen molar-refractivity contribution in [1.82, 2.24) is 0 Å². The van der Waals surface area contributed by atoms with Crippen LogP contribution < -0.4 is 10.6 Å². The minimum Gasteiger partial charge on any atom is -0.457 e. The molecule has 0 aliphatic heterocycles. The summed E-state index contributed by atoms with van der Waals surface area (Å²) in [6.07, 6.45) is 11.6. The van der Waals surface area contributed by atoms with Crippen molar-refractivity contribution in [2.45, 2.75) is 13.8 Å². The van der Waals surface area contributed by atoms with Crippen LogP contribution in [0.2, 0.25) is 0 Å². The Morgan fingerprint density at radius 1 is 1.20 bits per heavy atom. The summed E-state index contributed by atoms with van der Waals surface area (Å²) in [6, 6.07) is 0. The van der Waals surface area contributed by atoms with Crippen molar-refractivity contribution in [3.8, 4) is 0 Å². The van der Waals surface area contributed by atoms with Gasteiger partial charge >= 0.3 is 0 Å². The molecule has 0 aliphatic rings. The molecule has 1 aromatic rings. The molecule has 0 spiro atoms. The van der Waals surface area contributed by atoms with E-state index in [0.717, 1.165) is 16.5 Å². The van der Waals surface area contributed by atoms with Gasteiger partial charge in [-0.25, -0.2) is 0 Å². The zero-order chi connectivity index (χ0) is 11.3. The fraction of sp³-hybridized carbons (Fsp3) is 0.143. The smallest absolute Gasteiger partial charge is 0.134 e. The molecule has 0 unspecified atom stereocenters. The van der Waals surface area contributed by atoms with Gasteiger partial charge in [0, 0.05) is 10.8 Å². The van der Waals surface area contributed by atoms with Gasteiger partial charge in [0.15, 0.2) is 0 Å². The van der Waals surface area contributed by atoms with Gasteiger partial charge in [-0.1, -0.05) is 43.5 Å². The van der Waals surface area contributed by atoms with E-state index in [-0.39, 0.29) is 0 Å². The molecule has 1 heteroatoms. The number of rotatable bonds is 3. The van der Waals surface area contributed by atoms with Crippen molar-refractivity contribution in [2.24, 2.45) is 0 Å². The lowest BCUT2D eigenvalue weighted by Gasteiger charge is -1.87. The first-order valence-corrected chi connectivity index (χ1v) is 4.94. The zero-order valence-electron chi connectivity index (χ0n) is 9.29. The average molecular weight is 200 g/mol. The largest absolute Gasteiger partial charge is 0.457 e. The second-order valence-corrected chi connectivity index (χ2v) is 3.11. The molecule has 0 radical (unpaired) electrons. The van der Waals surface area contributed by atoms with Crippen molar-refractivity contribution in [2.75, 3.05) is 0 Å². The highest BCUT2D eigenvalue weighted by Gasteiger charge is 2.03. The first-order chi connectivity index (χ1) is 7.24. The predicted molar refractivity (Wildman–Crippen MR) is 67.6 cm³/mol. The third-order valence-corrected chi connectivity index (χ3v) is 2.06. The van der Waals surface area contributed by atoms with Crippen molar-refractivity contribution in [3.05, 3.63) is 46.8 Å². The van der Waals surface area contributed by atoms with E-state index in [1.807, 2.05) is 44.2 Å². The maximum Gasteiger partial charge on any atom is 0.134 e. The van der Waals surface area contributed by atoms with Crippen LogP contribution >= 0.6 is 0 Å². The van der Waals surface area contributed by atoms with E-state index in [0.29, 0.717) is 5.42 Å². The molecule has 0 saturated carbocycles. The monoisotopic (exact) mass is 200 g/mol. The molecular formula is C14H16O. The number of hydrogen-bond acceptors (Lipinski definition) is 1. The highest BCUT2D eigenvalue weighted by molar-refractivity contribution is 5.63. The summed E-state index contributed by atoms with van der Waals surface area (Å²) < 4.78 is 5.50. The first kappa shape index (κ1) is 11.3. The molecule has 0 amide bonds. The van der Waals surface area contributed by atoms with Crippen molar-refractivity contribution in [3.63, 3.8) is 0 Å². The van der Waals surface area contributed by atoms with E-state index in [9.17, 15) is 0 Å². The summed E-state index contributed by atoms with van der Waals surface area (Å²) in [7, 11) is 0. The third-order valence-electron chi connectivity index (χ3n) is 2.06. The highest BCUT2D eigenvalue weighted by atomic mass is 16.3. The fourth-order valence-electron chi connectivity index (χ4n) is 1.39. The molecule has 1 aromatic heterocycles. The molecule has 1 rings (SSSR count). The van der Waals surface area contributed by atoms with E-state index < -0.39 is 0 Å². The Morgan fingerprint density at radius 2 is 1.93 bits per heavy atom. The standard InChI is InChI=1S/C14H16O/c1-5-8-10-12-11(4)15-14(7-3)13(12)9-6-2/h5-10H,3-4H2,1-2H3/b8-5-,9-6-,12-10+. The van der Waals surface area contributed by atoms with Crippen LogP contribution in [0, 0.1) is 0 Å². The quantitative estimate of drug-likeness (QED) is 0.731. The van der Waals surface area contributed by atoms with Gasteiger partial charge < -0.3 is 4.42 Å². The van der Waals surface area contributed by atoms with E-state index >= 15 is 0 Å². The Morgan fingerprint density at radius 3 is 2.47 bits per heavy atom. The minimum atomic E-state index is 0.677. The van der Waals surface area contributed by atoms with Crippen LogP contribution in [0.5, 0.6) is 0 Å². The van der Waals surface area contributed by atoms with Crippen LogP contribution in [0.1, 0.15) is 25.2 Å². The summed E-state index contributed by atoms with van der Waals surface area (Å²) in [4.78, 5) is 0. The van der Waals surface area contributed by atoms with Crippen LogP contribution in [0.25, 0.3) is 24.8 Å². The molecule has 0 fully saturated rings. The van der Waals surface area contributed by atoms with Gasteiger partial charge in [0.2, 0.25) is 0 Å². The number of furan rings is 1. The van der Waals surface area contributed by atoms with Gasteiger partial charge in [-0.3, -0.25) is 0 Å². The van der Waals surface area contributed by atoms with E-state index in [2.05, 4.69) is 13.2 Å². The molecule has 78 valence electrons. The second-order valence-electron chi connectivity index (χ2n) is 3.11. The van der Waals surface area contributed by atoms with Gasteiger partial charge in [0.25, 0.3) is 0 Å². The van der Waals surface area contributed by atoms with E-state index in [4.69, 9.17) is 4.42 Å². The molecule has 0 aliphatic carbocycles. The molecule has 0 atom stereocenters. The van der Waals surface area contributed by atoms with Crippen molar-refractivity contribution >= 4 is 24.8 Å². The number of allylic oxidation sites excluding steroid dienone is 3. The lowest BCUT2D eigenvalue weighted by molar-refractivity contribution is 0.523. The van der Waals surface area contributed by atoms with E-state index in [1.54, 1.807) is 6.08 Å². The lowest BCUT2D eigenvalue weighted by atomic mass is 10.1. The molecule has 1 nitrogen and oxygen atoms in total. The van der Waals surface area contributed by atoms with Gasteiger partial charge in [0.05, 0.1) is 0 Å². The Balaban J connectivity index is 3.55. The zero-order valence-corrected chi connectivity index (χ0v) is 9.29. The Kier molecular flexibility index (Phi) is 3.92. The average Bonchev–Trinajstić information content (AvgIpc) is 2.53. The van der Waals surface area contributed by atoms with Gasteiger partial charge in [0.1, 0.15) is 11.2 Å². The van der Waals surface area contributed by atoms with Crippen molar-refractivity contribution < 1.29 is 4.42 Å².